The molecule has 0 unspecified atom stereocenters. The van der Waals surface area contributed by atoms with E-state index in [1.165, 1.54) is 0 Å². The highest BCUT2D eigenvalue weighted by Gasteiger charge is 1.58. The molecule has 42 valence electrons. The molecule has 3 nitrogen and oxygen atoms in total. The Labute approximate surface area is 37.8 Å². The van der Waals surface area contributed by atoms with Crippen LogP contribution >= 0.6 is 7.80 Å². The Hall–Kier alpha value is 0.150. The molecule has 0 amide bonds. The summed E-state index contributed by atoms with van der Waals surface area (Å²) in [6, 6.07) is 0. The molecule has 0 heterocycles. The zero-order valence-corrected chi connectivity index (χ0v) is 4.91. The van der Waals surface area contributed by atoms with Crippen LogP contribution in [-0.4, -0.2) is 24.3 Å². The van der Waals surface area contributed by atoms with Crippen LogP contribution in [0.2, 0.25) is 0 Å². The van der Waals surface area contributed by atoms with E-state index in [1.54, 1.807) is 13.3 Å². The molecular weight excluding hydrogens is 103 g/mol. The highest BCUT2D eigenvalue weighted by atomic mass is 31.1. The molecule has 0 rings (SSSR count). The molecule has 0 aliphatic rings. The Morgan fingerprint density at radius 3 is 1.17 bits per heavy atom. The third kappa shape index (κ3) is 1830. The minimum atomic E-state index is -1.13. The molecule has 6 heavy (non-hydrogen) atoms. The van der Waals surface area contributed by atoms with Crippen LogP contribution in [-0.2, 0) is 4.57 Å². The van der Waals surface area contributed by atoms with Crippen molar-refractivity contribution < 1.29 is 15.5 Å². The van der Waals surface area contributed by atoms with E-state index in [1.807, 2.05) is 0 Å². The summed E-state index contributed by atoms with van der Waals surface area (Å²) in [5.74, 6) is 0. The standard InChI is InChI=1S/C2H7OP.2H2O/c1-4(2)3;;/h4H,1-2H3;2*1H2. The quantitative estimate of drug-likeness (QED) is 0.378. The van der Waals surface area contributed by atoms with Crippen LogP contribution in [0.3, 0.4) is 0 Å². The van der Waals surface area contributed by atoms with Gasteiger partial charge in [0.2, 0.25) is 0 Å². The summed E-state index contributed by atoms with van der Waals surface area (Å²) in [5, 5.41) is 0. The van der Waals surface area contributed by atoms with Crippen molar-refractivity contribution in [3.8, 4) is 0 Å². The second-order valence-corrected chi connectivity index (χ2v) is 2.72. The maximum Gasteiger partial charge on any atom is 0.0703 e. The average Bonchev–Trinajstić information content (AvgIpc) is 0.811. The van der Waals surface area contributed by atoms with Gasteiger partial charge >= 0.3 is 0 Å². The molecule has 0 aliphatic heterocycles. The van der Waals surface area contributed by atoms with Crippen molar-refractivity contribution in [1.29, 1.82) is 0 Å². The molecule has 0 saturated heterocycles. The van der Waals surface area contributed by atoms with Crippen molar-refractivity contribution in [3.05, 3.63) is 0 Å². The van der Waals surface area contributed by atoms with Crippen molar-refractivity contribution in [2.75, 3.05) is 13.3 Å². The molecule has 4 heteroatoms. The zero-order chi connectivity index (χ0) is 3.58. The van der Waals surface area contributed by atoms with Crippen LogP contribution in [0.4, 0.5) is 0 Å². The third-order valence-electron chi connectivity index (χ3n) is 0. The predicted molar refractivity (Wildman–Crippen MR) is 28.1 cm³/mol. The van der Waals surface area contributed by atoms with Gasteiger partial charge in [-0.25, -0.2) is 0 Å². The lowest BCUT2D eigenvalue weighted by Gasteiger charge is -1.59. The van der Waals surface area contributed by atoms with Gasteiger partial charge in [-0.1, -0.05) is 0 Å². The Bertz CT molecular complexity index is 31.8. The summed E-state index contributed by atoms with van der Waals surface area (Å²) in [7, 11) is -1.13. The monoisotopic (exact) mass is 114 g/mol. The maximum absolute atomic E-state index is 9.63. The summed E-state index contributed by atoms with van der Waals surface area (Å²) < 4.78 is 9.63. The topological polar surface area (TPSA) is 80.1 Å². The van der Waals surface area contributed by atoms with Gasteiger partial charge in [0.15, 0.2) is 0 Å². The molecular formula is C2H11O3P. The van der Waals surface area contributed by atoms with E-state index < -0.39 is 7.80 Å². The van der Waals surface area contributed by atoms with Crippen LogP contribution in [0.5, 0.6) is 0 Å². The fourth-order valence-corrected chi connectivity index (χ4v) is 0. The fourth-order valence-electron chi connectivity index (χ4n) is 0. The first kappa shape index (κ1) is 16.4. The summed E-state index contributed by atoms with van der Waals surface area (Å²) in [4.78, 5) is 0. The second-order valence-electron chi connectivity index (χ2n) is 0.908. The Kier molecular flexibility index (Phi) is 24.5. The first-order valence-electron chi connectivity index (χ1n) is 1.20. The van der Waals surface area contributed by atoms with E-state index in [0.717, 1.165) is 0 Å². The van der Waals surface area contributed by atoms with Crippen molar-refractivity contribution in [2.45, 2.75) is 0 Å². The lowest BCUT2D eigenvalue weighted by atomic mass is 11.9. The molecule has 0 aromatic heterocycles. The maximum atomic E-state index is 9.63. The molecule has 0 bridgehead atoms. The minimum absolute atomic E-state index is 0. The smallest absolute Gasteiger partial charge is 0.0703 e. The van der Waals surface area contributed by atoms with E-state index in [2.05, 4.69) is 0 Å². The highest BCUT2D eigenvalue weighted by molar-refractivity contribution is 7.42. The summed E-state index contributed by atoms with van der Waals surface area (Å²) >= 11 is 0. The lowest BCUT2D eigenvalue weighted by Crippen LogP contribution is -1.33. The largest absolute Gasteiger partial charge is 0.412 e. The lowest BCUT2D eigenvalue weighted by molar-refractivity contribution is 0.594. The van der Waals surface area contributed by atoms with Crippen LogP contribution in [0.1, 0.15) is 0 Å². The summed E-state index contributed by atoms with van der Waals surface area (Å²) in [5.41, 5.74) is 0. The second kappa shape index (κ2) is 8.94. The fraction of sp³-hybridized carbons (Fsp3) is 1.00. The van der Waals surface area contributed by atoms with Gasteiger partial charge in [-0.2, -0.15) is 0 Å². The third-order valence-corrected chi connectivity index (χ3v) is 0. The van der Waals surface area contributed by atoms with Crippen molar-refractivity contribution >= 4 is 7.80 Å². The Balaban J connectivity index is -0.0000000450. The minimum Gasteiger partial charge on any atom is -0.412 e. The molecule has 0 fully saturated rings. The summed E-state index contributed by atoms with van der Waals surface area (Å²) in [6.07, 6.45) is 0. The number of hydrogen-bond acceptors (Lipinski definition) is 1. The predicted octanol–water partition coefficient (Wildman–Crippen LogP) is -0.844. The molecule has 0 atom stereocenters. The van der Waals surface area contributed by atoms with Gasteiger partial charge in [-0.3, -0.25) is 0 Å². The molecule has 0 saturated carbocycles. The molecule has 0 aliphatic carbocycles. The van der Waals surface area contributed by atoms with Crippen molar-refractivity contribution in [1.82, 2.24) is 0 Å². The van der Waals surface area contributed by atoms with Crippen LogP contribution in [0.15, 0.2) is 0 Å². The Morgan fingerprint density at radius 1 is 1.17 bits per heavy atom. The SMILES string of the molecule is C[PH](C)=O.O.O. The van der Waals surface area contributed by atoms with Crippen molar-refractivity contribution in [3.63, 3.8) is 0 Å². The number of hydrogen-bond donors (Lipinski definition) is 0. The van der Waals surface area contributed by atoms with Gasteiger partial charge in [0, 0.05) is 0 Å². The molecule has 0 spiro atoms. The normalized spacial score (nSPS) is 5.83. The van der Waals surface area contributed by atoms with E-state index in [-0.39, 0.29) is 11.0 Å². The van der Waals surface area contributed by atoms with E-state index in [0.29, 0.717) is 0 Å². The van der Waals surface area contributed by atoms with Crippen LogP contribution < -0.4 is 0 Å². The first-order valence-corrected chi connectivity index (χ1v) is 3.61. The molecule has 0 aromatic rings. The number of rotatable bonds is 0. The van der Waals surface area contributed by atoms with E-state index in [4.69, 9.17) is 0 Å². The molecule has 0 aromatic carbocycles. The van der Waals surface area contributed by atoms with Gasteiger partial charge in [0.1, 0.15) is 0 Å². The van der Waals surface area contributed by atoms with Crippen LogP contribution in [0, 0.1) is 0 Å². The average molecular weight is 114 g/mol. The van der Waals surface area contributed by atoms with Gasteiger partial charge in [0.05, 0.1) is 7.80 Å². The van der Waals surface area contributed by atoms with Crippen molar-refractivity contribution in [2.24, 2.45) is 0 Å². The van der Waals surface area contributed by atoms with Gasteiger partial charge in [0.25, 0.3) is 0 Å². The van der Waals surface area contributed by atoms with Gasteiger partial charge in [-0.15, -0.1) is 0 Å². The highest BCUT2D eigenvalue weighted by Crippen LogP contribution is 2.00. The Morgan fingerprint density at radius 2 is 1.17 bits per heavy atom. The molecule has 0 radical (unpaired) electrons. The van der Waals surface area contributed by atoms with E-state index in [9.17, 15) is 4.57 Å². The summed E-state index contributed by atoms with van der Waals surface area (Å²) in [6.45, 7) is 3.43. The molecule has 4 N–H and O–H groups in total. The first-order chi connectivity index (χ1) is 1.73. The van der Waals surface area contributed by atoms with Gasteiger partial charge < -0.3 is 15.5 Å². The van der Waals surface area contributed by atoms with E-state index >= 15 is 0 Å². The zero-order valence-electron chi connectivity index (χ0n) is 3.91. The van der Waals surface area contributed by atoms with Crippen LogP contribution in [0.25, 0.3) is 0 Å². The van der Waals surface area contributed by atoms with Gasteiger partial charge in [-0.05, 0) is 13.3 Å².